The van der Waals surface area contributed by atoms with Crippen molar-refractivity contribution in [2.75, 3.05) is 13.2 Å². The minimum atomic E-state index is -0.788. The molecule has 0 aromatic carbocycles. The maximum Gasteiger partial charge on any atom is 0.306 e. The van der Waals surface area contributed by atoms with Crippen molar-refractivity contribution in [2.45, 2.75) is 341 Å². The molecule has 0 fully saturated rings. The van der Waals surface area contributed by atoms with Gasteiger partial charge in [0.05, 0.1) is 0 Å². The van der Waals surface area contributed by atoms with Crippen molar-refractivity contribution in [1.82, 2.24) is 0 Å². The molecule has 6 heteroatoms. The second-order valence-electron chi connectivity index (χ2n) is 23.1. The molecule has 82 heavy (non-hydrogen) atoms. The molecule has 1 unspecified atom stereocenters. The van der Waals surface area contributed by atoms with E-state index in [0.717, 1.165) is 128 Å². The highest BCUT2D eigenvalue weighted by molar-refractivity contribution is 5.71. The Hall–Kier alpha value is -3.93. The van der Waals surface area contributed by atoms with Gasteiger partial charge in [0.2, 0.25) is 0 Å². The van der Waals surface area contributed by atoms with Gasteiger partial charge in [-0.1, -0.05) is 316 Å². The zero-order chi connectivity index (χ0) is 59.2. The van der Waals surface area contributed by atoms with Gasteiger partial charge in [-0.15, -0.1) is 0 Å². The number of allylic oxidation sites excluding steroid dienone is 18. The molecule has 470 valence electrons. The topological polar surface area (TPSA) is 78.9 Å². The Morgan fingerprint density at radius 1 is 0.256 bits per heavy atom. The average molecular weight is 1140 g/mol. The molecule has 0 radical (unpaired) electrons. The summed E-state index contributed by atoms with van der Waals surface area (Å²) in [6, 6.07) is 0. The molecule has 0 aliphatic carbocycles. The van der Waals surface area contributed by atoms with E-state index in [1.165, 1.54) is 167 Å². The summed E-state index contributed by atoms with van der Waals surface area (Å²) in [6.45, 7) is 6.50. The summed E-state index contributed by atoms with van der Waals surface area (Å²) in [5.74, 6) is -0.897. The molecule has 6 nitrogen and oxygen atoms in total. The number of ether oxygens (including phenoxy) is 3. The Labute approximate surface area is 508 Å². The van der Waals surface area contributed by atoms with E-state index < -0.39 is 6.10 Å². The van der Waals surface area contributed by atoms with Gasteiger partial charge in [-0.05, 0) is 109 Å². The van der Waals surface area contributed by atoms with Crippen LogP contribution in [0.25, 0.3) is 0 Å². The zero-order valence-corrected chi connectivity index (χ0v) is 54.0. The molecule has 0 aromatic rings. The minimum Gasteiger partial charge on any atom is -0.462 e. The van der Waals surface area contributed by atoms with Crippen LogP contribution in [-0.4, -0.2) is 37.2 Å². The smallest absolute Gasteiger partial charge is 0.306 e. The van der Waals surface area contributed by atoms with Crippen molar-refractivity contribution in [3.8, 4) is 0 Å². The van der Waals surface area contributed by atoms with Crippen LogP contribution in [0.5, 0.6) is 0 Å². The van der Waals surface area contributed by atoms with E-state index in [1.54, 1.807) is 0 Å². The van der Waals surface area contributed by atoms with Crippen LogP contribution in [0.3, 0.4) is 0 Å². The number of esters is 3. The summed E-state index contributed by atoms with van der Waals surface area (Å²) < 4.78 is 16.9. The largest absolute Gasteiger partial charge is 0.462 e. The fourth-order valence-corrected chi connectivity index (χ4v) is 9.81. The van der Waals surface area contributed by atoms with E-state index in [1.807, 2.05) is 0 Å². The molecule has 0 amide bonds. The third-order valence-electron chi connectivity index (χ3n) is 15.0. The molecule has 0 N–H and O–H groups in total. The third-order valence-corrected chi connectivity index (χ3v) is 15.0. The number of hydrogen-bond donors (Lipinski definition) is 0. The zero-order valence-electron chi connectivity index (χ0n) is 54.0. The Bertz CT molecular complexity index is 1640. The number of carbonyl (C=O) groups excluding carboxylic acids is 3. The fourth-order valence-electron chi connectivity index (χ4n) is 9.81. The van der Waals surface area contributed by atoms with Crippen molar-refractivity contribution in [2.24, 2.45) is 0 Å². The lowest BCUT2D eigenvalue weighted by atomic mass is 10.0. The van der Waals surface area contributed by atoms with Crippen LogP contribution < -0.4 is 0 Å². The van der Waals surface area contributed by atoms with Crippen molar-refractivity contribution in [3.63, 3.8) is 0 Å². The molecule has 0 heterocycles. The first-order chi connectivity index (χ1) is 40.5. The maximum absolute atomic E-state index is 12.9. The molecule has 0 rings (SSSR count). The first kappa shape index (κ1) is 78.1. The standard InChI is InChI=1S/C76H130O6/c1-4-7-10-13-16-19-21-23-25-27-29-31-33-35-37-38-40-41-43-45-47-49-51-53-55-57-60-63-66-69-75(78)81-72-73(71-80-74(77)68-65-62-59-18-15-12-9-6-3)82-76(79)70-67-64-61-58-56-54-52-50-48-46-44-42-39-36-34-32-30-28-26-24-22-20-17-14-11-8-5-2/h8,11,17,20-21,23-24,26-27,29-30,32,36,39,44,46,50,52,73H,4-7,9-10,12-16,18-19,22,25,28,31,33-35,37-38,40-43,45,47-49,51,53-72H2,1-3H3/b11-8-,20-17-,23-21-,26-24-,29-27-,32-30-,39-36-,46-44-,52-50-. The van der Waals surface area contributed by atoms with Gasteiger partial charge in [0.1, 0.15) is 13.2 Å². The van der Waals surface area contributed by atoms with Crippen LogP contribution in [0.1, 0.15) is 335 Å². The van der Waals surface area contributed by atoms with Gasteiger partial charge in [0, 0.05) is 19.3 Å². The van der Waals surface area contributed by atoms with Crippen molar-refractivity contribution < 1.29 is 28.6 Å². The highest BCUT2D eigenvalue weighted by Crippen LogP contribution is 2.17. The van der Waals surface area contributed by atoms with Crippen molar-refractivity contribution in [1.29, 1.82) is 0 Å². The lowest BCUT2D eigenvalue weighted by Gasteiger charge is -2.18. The molecular formula is C76H130O6. The fraction of sp³-hybridized carbons (Fsp3) is 0.724. The third kappa shape index (κ3) is 66.9. The number of carbonyl (C=O) groups is 3. The first-order valence-corrected chi connectivity index (χ1v) is 34.9. The van der Waals surface area contributed by atoms with Gasteiger partial charge in [-0.25, -0.2) is 0 Å². The average Bonchev–Trinajstić information content (AvgIpc) is 3.48. The van der Waals surface area contributed by atoms with E-state index in [2.05, 4.69) is 130 Å². The lowest BCUT2D eigenvalue weighted by Crippen LogP contribution is -2.30. The van der Waals surface area contributed by atoms with Crippen LogP contribution in [0.2, 0.25) is 0 Å². The molecule has 0 aromatic heterocycles. The Morgan fingerprint density at radius 2 is 0.476 bits per heavy atom. The molecule has 1 atom stereocenters. The lowest BCUT2D eigenvalue weighted by molar-refractivity contribution is -0.167. The molecule has 0 saturated heterocycles. The molecule has 0 bridgehead atoms. The number of rotatable bonds is 63. The summed E-state index contributed by atoms with van der Waals surface area (Å²) in [5.41, 5.74) is 0. The Balaban J connectivity index is 4.17. The van der Waals surface area contributed by atoms with E-state index in [0.29, 0.717) is 19.3 Å². The quantitative estimate of drug-likeness (QED) is 0.0261. The molecular weight excluding hydrogens is 1010 g/mol. The van der Waals surface area contributed by atoms with Gasteiger partial charge in [0.25, 0.3) is 0 Å². The molecule has 0 spiro atoms. The number of unbranched alkanes of at least 4 members (excludes halogenated alkanes) is 34. The summed E-state index contributed by atoms with van der Waals surface area (Å²) in [6.07, 6.45) is 95.6. The van der Waals surface area contributed by atoms with Gasteiger partial charge in [0.15, 0.2) is 6.10 Å². The predicted octanol–water partition coefficient (Wildman–Crippen LogP) is 24.2. The van der Waals surface area contributed by atoms with E-state index in [9.17, 15) is 14.4 Å². The van der Waals surface area contributed by atoms with Crippen molar-refractivity contribution >= 4 is 17.9 Å². The number of hydrogen-bond acceptors (Lipinski definition) is 6. The second-order valence-corrected chi connectivity index (χ2v) is 23.1. The Morgan fingerprint density at radius 3 is 0.744 bits per heavy atom. The van der Waals surface area contributed by atoms with Crippen LogP contribution in [-0.2, 0) is 28.6 Å². The predicted molar refractivity (Wildman–Crippen MR) is 357 cm³/mol. The van der Waals surface area contributed by atoms with Crippen LogP contribution in [0, 0.1) is 0 Å². The summed E-state index contributed by atoms with van der Waals surface area (Å²) in [5, 5.41) is 0. The minimum absolute atomic E-state index is 0.0838. The van der Waals surface area contributed by atoms with E-state index in [-0.39, 0.29) is 31.1 Å². The Kier molecular flexibility index (Phi) is 66.2. The first-order valence-electron chi connectivity index (χ1n) is 34.9. The normalized spacial score (nSPS) is 12.8. The SMILES string of the molecule is CC/C=C\C/C=C\C/C=C\C/C=C\C/C=C\C/C=C\C/C=C\CCCCCCCC(=O)OC(COC(=O)CCCCCCCCCC)COC(=O)CCCCCCCCCCCCCCCCCCC/C=C\C/C=C\CCCCCCC. The monoisotopic (exact) mass is 1140 g/mol. The van der Waals surface area contributed by atoms with E-state index >= 15 is 0 Å². The highest BCUT2D eigenvalue weighted by atomic mass is 16.6. The van der Waals surface area contributed by atoms with Gasteiger partial charge in [-0.3, -0.25) is 14.4 Å². The summed E-state index contributed by atoms with van der Waals surface area (Å²) in [4.78, 5) is 38.2. The van der Waals surface area contributed by atoms with Gasteiger partial charge >= 0.3 is 17.9 Å². The van der Waals surface area contributed by atoms with Crippen LogP contribution in [0.15, 0.2) is 109 Å². The molecule has 0 aliphatic heterocycles. The van der Waals surface area contributed by atoms with Crippen LogP contribution >= 0.6 is 0 Å². The maximum atomic E-state index is 12.9. The van der Waals surface area contributed by atoms with Crippen molar-refractivity contribution in [3.05, 3.63) is 109 Å². The second kappa shape index (κ2) is 69.6. The van der Waals surface area contributed by atoms with Gasteiger partial charge in [-0.2, -0.15) is 0 Å². The molecule has 0 aliphatic rings. The summed E-state index contributed by atoms with van der Waals surface area (Å²) >= 11 is 0. The van der Waals surface area contributed by atoms with Crippen LogP contribution in [0.4, 0.5) is 0 Å². The summed E-state index contributed by atoms with van der Waals surface area (Å²) in [7, 11) is 0. The van der Waals surface area contributed by atoms with Gasteiger partial charge < -0.3 is 14.2 Å². The molecule has 0 saturated carbocycles. The van der Waals surface area contributed by atoms with E-state index in [4.69, 9.17) is 14.2 Å². The highest BCUT2D eigenvalue weighted by Gasteiger charge is 2.19.